The third kappa shape index (κ3) is 3.26. The van der Waals surface area contributed by atoms with Crippen LogP contribution in [0.1, 0.15) is 37.4 Å². The number of rotatable bonds is 4. The molecule has 0 saturated heterocycles. The van der Waals surface area contributed by atoms with Gasteiger partial charge < -0.3 is 4.74 Å². The van der Waals surface area contributed by atoms with Crippen molar-refractivity contribution < 1.29 is 19.2 Å². The van der Waals surface area contributed by atoms with Crippen molar-refractivity contribution in [3.8, 4) is 0 Å². The lowest BCUT2D eigenvalue weighted by Crippen LogP contribution is -2.08. The van der Waals surface area contributed by atoms with Gasteiger partial charge in [0.05, 0.1) is 17.6 Å². The fourth-order valence-corrected chi connectivity index (χ4v) is 2.32. The van der Waals surface area contributed by atoms with E-state index in [4.69, 9.17) is 0 Å². The van der Waals surface area contributed by atoms with Crippen molar-refractivity contribution in [1.29, 1.82) is 0 Å². The summed E-state index contributed by atoms with van der Waals surface area (Å²) in [6.07, 6.45) is 0. The highest BCUT2D eigenvalue weighted by molar-refractivity contribution is 6.10. The third-order valence-corrected chi connectivity index (χ3v) is 3.56. The second-order valence-electron chi connectivity index (χ2n) is 5.11. The van der Waals surface area contributed by atoms with Crippen LogP contribution in [0.5, 0.6) is 0 Å². The molecule has 0 fully saturated rings. The fourth-order valence-electron chi connectivity index (χ4n) is 2.32. The van der Waals surface area contributed by atoms with Crippen LogP contribution in [0.15, 0.2) is 36.4 Å². The van der Waals surface area contributed by atoms with Gasteiger partial charge in [-0.15, -0.1) is 0 Å². The van der Waals surface area contributed by atoms with Crippen molar-refractivity contribution >= 4 is 17.4 Å². The smallest absolute Gasteiger partial charge is 0.338 e. The molecule has 2 rings (SSSR count). The van der Waals surface area contributed by atoms with Crippen molar-refractivity contribution in [1.82, 2.24) is 0 Å². The lowest BCUT2D eigenvalue weighted by atomic mass is 9.96. The molecule has 0 aliphatic rings. The molecule has 2 aromatic carbocycles. The molecule has 6 heteroatoms. The van der Waals surface area contributed by atoms with Gasteiger partial charge in [0.1, 0.15) is 0 Å². The van der Waals surface area contributed by atoms with Gasteiger partial charge in [0.2, 0.25) is 0 Å². The topological polar surface area (TPSA) is 86.5 Å². The van der Waals surface area contributed by atoms with E-state index in [1.807, 2.05) is 0 Å². The Morgan fingerprint density at radius 3 is 2.13 bits per heavy atom. The summed E-state index contributed by atoms with van der Waals surface area (Å²) >= 11 is 0. The molecule has 0 aromatic heterocycles. The van der Waals surface area contributed by atoms with Gasteiger partial charge in [0.15, 0.2) is 5.78 Å². The number of hydrogen-bond acceptors (Lipinski definition) is 5. The first kappa shape index (κ1) is 16.4. The Balaban J connectivity index is 2.39. The highest BCUT2D eigenvalue weighted by Crippen LogP contribution is 2.21. The number of nitro benzene ring substituents is 1. The van der Waals surface area contributed by atoms with Crippen molar-refractivity contribution in [3.63, 3.8) is 0 Å². The summed E-state index contributed by atoms with van der Waals surface area (Å²) in [6, 6.07) is 8.80. The monoisotopic (exact) mass is 313 g/mol. The Kier molecular flexibility index (Phi) is 4.55. The number of nitro groups is 1. The molecule has 0 spiro atoms. The van der Waals surface area contributed by atoms with E-state index >= 15 is 0 Å². The van der Waals surface area contributed by atoms with Gasteiger partial charge in [-0.1, -0.05) is 6.07 Å². The molecule has 0 unspecified atom stereocenters. The maximum atomic E-state index is 12.6. The summed E-state index contributed by atoms with van der Waals surface area (Å²) < 4.78 is 4.67. The normalized spacial score (nSPS) is 10.2. The van der Waals surface area contributed by atoms with E-state index in [0.717, 1.165) is 0 Å². The number of ketones is 1. The molecule has 0 bridgehead atoms. The first-order valence-corrected chi connectivity index (χ1v) is 6.84. The number of hydrogen-bond donors (Lipinski definition) is 0. The summed E-state index contributed by atoms with van der Waals surface area (Å²) in [5, 5.41) is 10.8. The Morgan fingerprint density at radius 1 is 1.00 bits per heavy atom. The molecule has 0 amide bonds. The Labute approximate surface area is 132 Å². The predicted molar refractivity (Wildman–Crippen MR) is 83.8 cm³/mol. The predicted octanol–water partition coefficient (Wildman–Crippen LogP) is 3.23. The van der Waals surface area contributed by atoms with Gasteiger partial charge in [-0.05, 0) is 43.2 Å². The number of carbonyl (C=O) groups is 2. The minimum absolute atomic E-state index is 0.0590. The van der Waals surface area contributed by atoms with Crippen LogP contribution >= 0.6 is 0 Å². The summed E-state index contributed by atoms with van der Waals surface area (Å²) in [5.41, 5.74) is 2.29. The quantitative estimate of drug-likeness (QED) is 0.374. The van der Waals surface area contributed by atoms with Crippen LogP contribution in [0.3, 0.4) is 0 Å². The number of nitrogens with zero attached hydrogens (tertiary/aromatic N) is 1. The van der Waals surface area contributed by atoms with Crippen molar-refractivity contribution in [2.75, 3.05) is 7.11 Å². The average molecular weight is 313 g/mol. The van der Waals surface area contributed by atoms with Crippen LogP contribution < -0.4 is 0 Å². The number of benzene rings is 2. The van der Waals surface area contributed by atoms with Gasteiger partial charge in [-0.25, -0.2) is 4.79 Å². The number of methoxy groups -OCH3 is 1. The summed E-state index contributed by atoms with van der Waals surface area (Å²) in [7, 11) is 1.29. The maximum absolute atomic E-state index is 12.6. The molecule has 23 heavy (non-hydrogen) atoms. The molecule has 0 aliphatic heterocycles. The van der Waals surface area contributed by atoms with E-state index in [0.29, 0.717) is 27.8 Å². The highest BCUT2D eigenvalue weighted by Gasteiger charge is 2.17. The largest absolute Gasteiger partial charge is 0.465 e. The number of ether oxygens (including phenoxy) is 1. The van der Waals surface area contributed by atoms with Crippen LogP contribution in [-0.2, 0) is 4.74 Å². The van der Waals surface area contributed by atoms with Crippen LogP contribution in [-0.4, -0.2) is 23.8 Å². The third-order valence-electron chi connectivity index (χ3n) is 3.56. The fraction of sp³-hybridized carbons (Fsp3) is 0.176. The van der Waals surface area contributed by atoms with E-state index in [-0.39, 0.29) is 11.5 Å². The van der Waals surface area contributed by atoms with Crippen LogP contribution in [0.25, 0.3) is 0 Å². The molecule has 6 nitrogen and oxygen atoms in total. The standard InChI is InChI=1S/C17H15NO5/c1-10-8-12(4-6-15(10)17(20)23-3)16(19)14-7-5-13(18(21)22)9-11(14)2/h4-9H,1-3H3. The Morgan fingerprint density at radius 2 is 1.61 bits per heavy atom. The molecule has 2 aromatic rings. The second-order valence-corrected chi connectivity index (χ2v) is 5.11. The van der Waals surface area contributed by atoms with Gasteiger partial charge in [-0.3, -0.25) is 14.9 Å². The minimum atomic E-state index is -0.503. The molecule has 0 heterocycles. The van der Waals surface area contributed by atoms with E-state index < -0.39 is 10.9 Å². The second kappa shape index (κ2) is 6.39. The summed E-state index contributed by atoms with van der Waals surface area (Å²) in [5.74, 6) is -0.718. The SMILES string of the molecule is COC(=O)c1ccc(C(=O)c2ccc([N+](=O)[O-])cc2C)cc1C. The van der Waals surface area contributed by atoms with Crippen molar-refractivity contribution in [3.05, 3.63) is 74.3 Å². The lowest BCUT2D eigenvalue weighted by Gasteiger charge is -2.08. The highest BCUT2D eigenvalue weighted by atomic mass is 16.6. The zero-order valence-electron chi connectivity index (χ0n) is 13.0. The van der Waals surface area contributed by atoms with Gasteiger partial charge >= 0.3 is 5.97 Å². The van der Waals surface area contributed by atoms with E-state index in [1.54, 1.807) is 26.0 Å². The lowest BCUT2D eigenvalue weighted by molar-refractivity contribution is -0.384. The minimum Gasteiger partial charge on any atom is -0.465 e. The van der Waals surface area contributed by atoms with Crippen LogP contribution in [0.4, 0.5) is 5.69 Å². The van der Waals surface area contributed by atoms with Crippen molar-refractivity contribution in [2.45, 2.75) is 13.8 Å². The molecule has 0 radical (unpaired) electrons. The number of aryl methyl sites for hydroxylation is 2. The number of non-ortho nitro benzene ring substituents is 1. The Bertz CT molecular complexity index is 811. The van der Waals surface area contributed by atoms with Crippen LogP contribution in [0, 0.1) is 24.0 Å². The van der Waals surface area contributed by atoms with Gasteiger partial charge in [0.25, 0.3) is 5.69 Å². The molecular weight excluding hydrogens is 298 g/mol. The average Bonchev–Trinajstić information content (AvgIpc) is 2.53. The van der Waals surface area contributed by atoms with Crippen molar-refractivity contribution in [2.24, 2.45) is 0 Å². The van der Waals surface area contributed by atoms with E-state index in [1.165, 1.54) is 31.4 Å². The Hall–Kier alpha value is -3.02. The van der Waals surface area contributed by atoms with Crippen LogP contribution in [0.2, 0.25) is 0 Å². The first-order chi connectivity index (χ1) is 10.8. The maximum Gasteiger partial charge on any atom is 0.338 e. The molecule has 118 valence electrons. The zero-order chi connectivity index (χ0) is 17.1. The molecule has 0 saturated carbocycles. The zero-order valence-corrected chi connectivity index (χ0v) is 13.0. The number of carbonyl (C=O) groups excluding carboxylic acids is 2. The summed E-state index contributed by atoms with van der Waals surface area (Å²) in [4.78, 5) is 34.4. The van der Waals surface area contributed by atoms with Gasteiger partial charge in [-0.2, -0.15) is 0 Å². The van der Waals surface area contributed by atoms with E-state index in [2.05, 4.69) is 4.74 Å². The van der Waals surface area contributed by atoms with E-state index in [9.17, 15) is 19.7 Å². The molecular formula is C17H15NO5. The summed E-state index contributed by atoms with van der Waals surface area (Å²) in [6.45, 7) is 3.36. The molecule has 0 atom stereocenters. The molecule has 0 aliphatic carbocycles. The van der Waals surface area contributed by atoms with Gasteiger partial charge in [0, 0.05) is 23.3 Å². The molecule has 0 N–H and O–H groups in total. The number of esters is 1. The first-order valence-electron chi connectivity index (χ1n) is 6.84.